The number of aliphatic hydroxyl groups is 1. The SMILES string of the molecule is CN1C2CCC1CC(OC(=O)C1(O)c3ccccc3CCc3ccccc31)C2. The predicted octanol–water partition coefficient (Wildman–Crippen LogP) is 3.19. The first-order chi connectivity index (χ1) is 13.6. The highest BCUT2D eigenvalue weighted by atomic mass is 16.6. The summed E-state index contributed by atoms with van der Waals surface area (Å²) in [6.45, 7) is 0. The molecule has 3 aliphatic rings. The van der Waals surface area contributed by atoms with Gasteiger partial charge in [0, 0.05) is 23.2 Å². The Hall–Kier alpha value is -2.17. The molecule has 0 amide bonds. The molecule has 2 heterocycles. The van der Waals surface area contributed by atoms with Crippen LogP contribution in [-0.4, -0.2) is 41.2 Å². The van der Waals surface area contributed by atoms with E-state index in [9.17, 15) is 9.90 Å². The molecule has 2 bridgehead atoms. The molecule has 2 atom stereocenters. The molecule has 1 aliphatic carbocycles. The van der Waals surface area contributed by atoms with E-state index in [1.54, 1.807) is 0 Å². The first kappa shape index (κ1) is 17.9. The lowest BCUT2D eigenvalue weighted by Crippen LogP contribution is -2.46. The van der Waals surface area contributed by atoms with Crippen molar-refractivity contribution in [3.05, 3.63) is 70.8 Å². The Morgan fingerprint density at radius 2 is 1.46 bits per heavy atom. The maximum absolute atomic E-state index is 13.5. The minimum Gasteiger partial charge on any atom is -0.460 e. The maximum Gasteiger partial charge on any atom is 0.347 e. The highest BCUT2D eigenvalue weighted by molar-refractivity contribution is 5.87. The van der Waals surface area contributed by atoms with Gasteiger partial charge >= 0.3 is 5.97 Å². The second-order valence-electron chi connectivity index (χ2n) is 8.57. The van der Waals surface area contributed by atoms with Gasteiger partial charge in [0.05, 0.1) is 0 Å². The highest BCUT2D eigenvalue weighted by Crippen LogP contribution is 2.41. The van der Waals surface area contributed by atoms with Crippen LogP contribution in [0, 0.1) is 0 Å². The Morgan fingerprint density at radius 1 is 0.964 bits per heavy atom. The average molecular weight is 377 g/mol. The molecule has 146 valence electrons. The summed E-state index contributed by atoms with van der Waals surface area (Å²) in [5.74, 6) is -0.525. The van der Waals surface area contributed by atoms with Crippen molar-refractivity contribution in [2.45, 2.75) is 62.3 Å². The van der Waals surface area contributed by atoms with Crippen LogP contribution < -0.4 is 0 Å². The zero-order valence-corrected chi connectivity index (χ0v) is 16.3. The first-order valence-corrected chi connectivity index (χ1v) is 10.4. The minimum atomic E-state index is -1.74. The molecule has 2 aromatic rings. The van der Waals surface area contributed by atoms with Crippen LogP contribution in [0.15, 0.2) is 48.5 Å². The molecule has 2 aliphatic heterocycles. The topological polar surface area (TPSA) is 49.8 Å². The number of hydrogen-bond acceptors (Lipinski definition) is 4. The maximum atomic E-state index is 13.5. The van der Waals surface area contributed by atoms with Gasteiger partial charge in [0.25, 0.3) is 0 Å². The van der Waals surface area contributed by atoms with Crippen molar-refractivity contribution in [1.29, 1.82) is 0 Å². The van der Waals surface area contributed by atoms with Gasteiger partial charge in [-0.15, -0.1) is 0 Å². The molecule has 28 heavy (non-hydrogen) atoms. The fourth-order valence-electron chi connectivity index (χ4n) is 5.51. The molecule has 4 heteroatoms. The van der Waals surface area contributed by atoms with Crippen molar-refractivity contribution in [2.75, 3.05) is 7.05 Å². The van der Waals surface area contributed by atoms with Crippen LogP contribution >= 0.6 is 0 Å². The number of benzene rings is 2. The quantitative estimate of drug-likeness (QED) is 0.817. The van der Waals surface area contributed by atoms with Crippen LogP contribution in [0.5, 0.6) is 0 Å². The third kappa shape index (κ3) is 2.70. The number of ether oxygens (including phenoxy) is 1. The Labute approximate surface area is 166 Å². The summed E-state index contributed by atoms with van der Waals surface area (Å²) in [7, 11) is 2.17. The lowest BCUT2D eigenvalue weighted by atomic mass is 9.83. The van der Waals surface area contributed by atoms with Crippen molar-refractivity contribution in [1.82, 2.24) is 4.90 Å². The Bertz CT molecular complexity index is 847. The van der Waals surface area contributed by atoms with Crippen LogP contribution in [0.3, 0.4) is 0 Å². The summed E-state index contributed by atoms with van der Waals surface area (Å²) >= 11 is 0. The normalized spacial score (nSPS) is 28.1. The van der Waals surface area contributed by atoms with E-state index in [-0.39, 0.29) is 6.10 Å². The molecule has 2 aromatic carbocycles. The summed E-state index contributed by atoms with van der Waals surface area (Å²) in [5, 5.41) is 11.9. The van der Waals surface area contributed by atoms with Crippen LogP contribution in [-0.2, 0) is 28.0 Å². The molecule has 0 spiro atoms. The van der Waals surface area contributed by atoms with Gasteiger partial charge in [0.2, 0.25) is 5.60 Å². The predicted molar refractivity (Wildman–Crippen MR) is 107 cm³/mol. The number of carbonyl (C=O) groups excluding carboxylic acids is 1. The van der Waals surface area contributed by atoms with Crippen molar-refractivity contribution in [2.24, 2.45) is 0 Å². The molecule has 4 nitrogen and oxygen atoms in total. The number of nitrogens with zero attached hydrogens (tertiary/aromatic N) is 1. The third-order valence-corrected chi connectivity index (χ3v) is 7.10. The van der Waals surface area contributed by atoms with Gasteiger partial charge in [-0.25, -0.2) is 4.79 Å². The van der Waals surface area contributed by atoms with E-state index in [0.717, 1.165) is 36.8 Å². The monoisotopic (exact) mass is 377 g/mol. The Morgan fingerprint density at radius 3 is 2.00 bits per heavy atom. The number of aryl methyl sites for hydroxylation is 2. The number of rotatable bonds is 2. The number of hydrogen-bond donors (Lipinski definition) is 1. The van der Waals surface area contributed by atoms with Crippen LogP contribution in [0.2, 0.25) is 0 Å². The number of piperidine rings is 1. The third-order valence-electron chi connectivity index (χ3n) is 7.10. The van der Waals surface area contributed by atoms with Gasteiger partial charge in [-0.05, 0) is 56.7 Å². The molecule has 5 rings (SSSR count). The van der Waals surface area contributed by atoms with Crippen LogP contribution in [0.4, 0.5) is 0 Å². The van der Waals surface area contributed by atoms with E-state index in [1.807, 2.05) is 48.5 Å². The Kier molecular flexibility index (Phi) is 4.29. The molecule has 1 N–H and O–H groups in total. The standard InChI is InChI=1S/C24H27NO3/c1-25-18-12-13-19(25)15-20(14-18)28-23(26)24(27)21-8-4-2-6-16(21)10-11-17-7-3-5-9-22(17)24/h2-9,18-20,27H,10-15H2,1H3. The van der Waals surface area contributed by atoms with Gasteiger partial charge in [0.15, 0.2) is 0 Å². The van der Waals surface area contributed by atoms with E-state index in [1.165, 1.54) is 12.8 Å². The molecule has 0 saturated carbocycles. The zero-order valence-electron chi connectivity index (χ0n) is 16.3. The smallest absolute Gasteiger partial charge is 0.347 e. The Balaban J connectivity index is 1.52. The molecule has 0 radical (unpaired) electrons. The van der Waals surface area contributed by atoms with Gasteiger partial charge in [-0.2, -0.15) is 0 Å². The summed E-state index contributed by atoms with van der Waals surface area (Å²) in [4.78, 5) is 15.9. The molecule has 2 unspecified atom stereocenters. The molecular formula is C24H27NO3. The number of esters is 1. The summed E-state index contributed by atoms with van der Waals surface area (Å²) in [6, 6.07) is 16.4. The molecular weight excluding hydrogens is 350 g/mol. The summed E-state index contributed by atoms with van der Waals surface area (Å²) < 4.78 is 6.02. The molecule has 2 fully saturated rings. The molecule has 0 aromatic heterocycles. The second-order valence-corrected chi connectivity index (χ2v) is 8.57. The number of fused-ring (bicyclic) bond motifs is 4. The average Bonchev–Trinajstić information content (AvgIpc) is 2.88. The van der Waals surface area contributed by atoms with E-state index >= 15 is 0 Å². The second kappa shape index (κ2) is 6.71. The lowest BCUT2D eigenvalue weighted by molar-refractivity contribution is -0.171. The van der Waals surface area contributed by atoms with E-state index in [4.69, 9.17) is 4.74 Å². The largest absolute Gasteiger partial charge is 0.460 e. The van der Waals surface area contributed by atoms with E-state index in [2.05, 4.69) is 11.9 Å². The minimum absolute atomic E-state index is 0.118. The summed E-state index contributed by atoms with van der Waals surface area (Å²) in [5.41, 5.74) is 1.62. The van der Waals surface area contributed by atoms with Gasteiger partial charge in [0.1, 0.15) is 6.10 Å². The van der Waals surface area contributed by atoms with Crippen molar-refractivity contribution < 1.29 is 14.6 Å². The van der Waals surface area contributed by atoms with Gasteiger partial charge in [-0.3, -0.25) is 0 Å². The van der Waals surface area contributed by atoms with E-state index in [0.29, 0.717) is 23.2 Å². The highest BCUT2D eigenvalue weighted by Gasteiger charge is 2.48. The fraction of sp³-hybridized carbons (Fsp3) is 0.458. The van der Waals surface area contributed by atoms with Crippen LogP contribution in [0.1, 0.15) is 47.9 Å². The van der Waals surface area contributed by atoms with Gasteiger partial charge < -0.3 is 14.7 Å². The zero-order chi connectivity index (χ0) is 19.3. The number of carbonyl (C=O) groups is 1. The van der Waals surface area contributed by atoms with Gasteiger partial charge in [-0.1, -0.05) is 48.5 Å². The van der Waals surface area contributed by atoms with E-state index < -0.39 is 11.6 Å². The van der Waals surface area contributed by atoms with Crippen molar-refractivity contribution >= 4 is 5.97 Å². The fourth-order valence-corrected chi connectivity index (χ4v) is 5.51. The van der Waals surface area contributed by atoms with Crippen molar-refractivity contribution in [3.63, 3.8) is 0 Å². The summed E-state index contributed by atoms with van der Waals surface area (Å²) in [6.07, 6.45) is 5.56. The van der Waals surface area contributed by atoms with Crippen LogP contribution in [0.25, 0.3) is 0 Å². The first-order valence-electron chi connectivity index (χ1n) is 10.4. The van der Waals surface area contributed by atoms with Crippen molar-refractivity contribution in [3.8, 4) is 0 Å². The lowest BCUT2D eigenvalue weighted by Gasteiger charge is -2.37. The molecule has 2 saturated heterocycles.